The summed E-state index contributed by atoms with van der Waals surface area (Å²) in [6, 6.07) is 0. The van der Waals surface area contributed by atoms with Gasteiger partial charge >= 0.3 is 0 Å². The molecule has 84 valence electrons. The van der Waals surface area contributed by atoms with Crippen molar-refractivity contribution < 1.29 is 0 Å². The van der Waals surface area contributed by atoms with Crippen molar-refractivity contribution in [2.24, 2.45) is 17.2 Å². The summed E-state index contributed by atoms with van der Waals surface area (Å²) in [5.41, 5.74) is 16.3. The van der Waals surface area contributed by atoms with Gasteiger partial charge in [0.25, 0.3) is 0 Å². The van der Waals surface area contributed by atoms with Gasteiger partial charge in [-0.25, -0.2) is 0 Å². The van der Waals surface area contributed by atoms with E-state index < -0.39 is 0 Å². The van der Waals surface area contributed by atoms with Crippen LogP contribution in [0, 0.1) is 0 Å². The highest BCUT2D eigenvalue weighted by molar-refractivity contribution is 4.75. The molecule has 0 bridgehead atoms. The van der Waals surface area contributed by atoms with Crippen LogP contribution in [-0.2, 0) is 0 Å². The molecule has 0 saturated carbocycles. The molecule has 0 aromatic carbocycles. The lowest BCUT2D eigenvalue weighted by Crippen LogP contribution is -2.38. The van der Waals surface area contributed by atoms with Crippen LogP contribution in [0.1, 0.15) is 0 Å². The van der Waals surface area contributed by atoms with E-state index in [4.69, 9.17) is 17.2 Å². The molecule has 0 fully saturated rings. The highest BCUT2D eigenvalue weighted by Crippen LogP contribution is 1.89. The lowest BCUT2D eigenvalue weighted by atomic mass is 10.4. The molecule has 0 aromatic heterocycles. The van der Waals surface area contributed by atoms with Gasteiger partial charge in [0.15, 0.2) is 0 Å². The molecule has 14 heavy (non-hydrogen) atoms. The van der Waals surface area contributed by atoms with E-state index in [1.165, 1.54) is 6.20 Å². The van der Waals surface area contributed by atoms with Crippen molar-refractivity contribution in [2.45, 2.75) is 0 Å². The molecule has 5 nitrogen and oxygen atoms in total. The first-order chi connectivity index (χ1) is 6.74. The third-order valence-corrected chi connectivity index (χ3v) is 2.00. The molecule has 0 spiro atoms. The van der Waals surface area contributed by atoms with E-state index in [0.29, 0.717) is 13.1 Å². The molecule has 0 aliphatic carbocycles. The van der Waals surface area contributed by atoms with E-state index in [1.807, 2.05) is 18.1 Å². The summed E-state index contributed by atoms with van der Waals surface area (Å²) in [4.78, 5) is 4.29. The maximum absolute atomic E-state index is 5.49. The molecular formula is C9H23N5. The van der Waals surface area contributed by atoms with Crippen LogP contribution >= 0.6 is 0 Å². The Morgan fingerprint density at radius 2 is 1.57 bits per heavy atom. The maximum Gasteiger partial charge on any atom is 0.0297 e. The molecule has 0 heterocycles. The van der Waals surface area contributed by atoms with E-state index in [-0.39, 0.29) is 0 Å². The van der Waals surface area contributed by atoms with E-state index >= 15 is 0 Å². The van der Waals surface area contributed by atoms with Crippen LogP contribution in [-0.4, -0.2) is 56.1 Å². The molecular weight excluding hydrogens is 178 g/mol. The molecule has 0 unspecified atom stereocenters. The minimum atomic E-state index is 0.677. The Balaban J connectivity index is 3.68. The number of hydrogen-bond donors (Lipinski definition) is 3. The van der Waals surface area contributed by atoms with Gasteiger partial charge in [-0.05, 0) is 0 Å². The third-order valence-electron chi connectivity index (χ3n) is 2.00. The quantitative estimate of drug-likeness (QED) is 0.448. The molecule has 0 aliphatic rings. The van der Waals surface area contributed by atoms with E-state index in [0.717, 1.165) is 26.2 Å². The highest BCUT2D eigenvalue weighted by atomic mass is 15.2. The summed E-state index contributed by atoms with van der Waals surface area (Å²) in [6.07, 6.45) is 3.39. The van der Waals surface area contributed by atoms with Gasteiger partial charge in [0.2, 0.25) is 0 Å². The SMILES string of the molecule is CN(/C=C\N)CCN(CCN)CCN. The van der Waals surface area contributed by atoms with Crippen molar-refractivity contribution in [2.75, 3.05) is 46.3 Å². The summed E-state index contributed by atoms with van der Waals surface area (Å²) >= 11 is 0. The van der Waals surface area contributed by atoms with Gasteiger partial charge in [-0.15, -0.1) is 0 Å². The average Bonchev–Trinajstić information content (AvgIpc) is 2.15. The molecule has 0 aliphatic heterocycles. The van der Waals surface area contributed by atoms with Crippen LogP contribution in [0.4, 0.5) is 0 Å². The number of hydrogen-bond acceptors (Lipinski definition) is 5. The zero-order chi connectivity index (χ0) is 10.8. The molecule has 0 amide bonds. The van der Waals surface area contributed by atoms with Crippen molar-refractivity contribution in [1.82, 2.24) is 9.80 Å². The molecule has 0 atom stereocenters. The maximum atomic E-state index is 5.49. The summed E-state index contributed by atoms with van der Waals surface area (Å²) in [7, 11) is 1.99. The third kappa shape index (κ3) is 6.71. The van der Waals surface area contributed by atoms with Crippen LogP contribution in [0.2, 0.25) is 0 Å². The predicted molar refractivity (Wildman–Crippen MR) is 60.5 cm³/mol. The van der Waals surface area contributed by atoms with E-state index in [2.05, 4.69) is 4.90 Å². The first-order valence-electron chi connectivity index (χ1n) is 4.95. The van der Waals surface area contributed by atoms with Crippen LogP contribution in [0.25, 0.3) is 0 Å². The molecule has 0 saturated heterocycles. The molecule has 0 radical (unpaired) electrons. The lowest BCUT2D eigenvalue weighted by molar-refractivity contribution is 0.260. The molecule has 0 rings (SSSR count). The minimum absolute atomic E-state index is 0.677. The summed E-state index contributed by atoms with van der Waals surface area (Å²) in [5.74, 6) is 0. The first kappa shape index (κ1) is 13.2. The summed E-state index contributed by atoms with van der Waals surface area (Å²) < 4.78 is 0. The number of rotatable bonds is 8. The standard InChI is InChI=1S/C9H23N5/c1-13(5-2-10)8-9-14(6-3-11)7-4-12/h2,5H,3-4,6-12H2,1H3/b5-2-. The Kier molecular flexibility index (Phi) is 8.31. The van der Waals surface area contributed by atoms with Crippen LogP contribution in [0.3, 0.4) is 0 Å². The van der Waals surface area contributed by atoms with Crippen LogP contribution < -0.4 is 17.2 Å². The normalized spacial score (nSPS) is 11.4. The lowest BCUT2D eigenvalue weighted by Gasteiger charge is -2.23. The predicted octanol–water partition coefficient (Wildman–Crippen LogP) is -1.43. The number of likely N-dealkylation sites (N-methyl/N-ethyl adjacent to an activating group) is 1. The van der Waals surface area contributed by atoms with Crippen molar-refractivity contribution in [1.29, 1.82) is 0 Å². The highest BCUT2D eigenvalue weighted by Gasteiger charge is 2.02. The van der Waals surface area contributed by atoms with E-state index in [9.17, 15) is 0 Å². The summed E-state index contributed by atoms with van der Waals surface area (Å²) in [5, 5.41) is 0. The van der Waals surface area contributed by atoms with Gasteiger partial charge in [-0.1, -0.05) is 0 Å². The number of nitrogens with two attached hydrogens (primary N) is 3. The average molecular weight is 201 g/mol. The summed E-state index contributed by atoms with van der Waals surface area (Å²) in [6.45, 7) is 5.06. The van der Waals surface area contributed by atoms with E-state index in [1.54, 1.807) is 0 Å². The fraction of sp³-hybridized carbons (Fsp3) is 0.778. The second-order valence-corrected chi connectivity index (χ2v) is 3.24. The van der Waals surface area contributed by atoms with Crippen molar-refractivity contribution in [3.8, 4) is 0 Å². The van der Waals surface area contributed by atoms with Gasteiger partial charge in [0, 0.05) is 58.7 Å². The van der Waals surface area contributed by atoms with Gasteiger partial charge in [-0.2, -0.15) is 0 Å². The Bertz CT molecular complexity index is 142. The molecule has 5 heteroatoms. The van der Waals surface area contributed by atoms with Crippen molar-refractivity contribution in [3.05, 3.63) is 12.4 Å². The van der Waals surface area contributed by atoms with Crippen LogP contribution in [0.15, 0.2) is 12.4 Å². The number of nitrogens with zero attached hydrogens (tertiary/aromatic N) is 2. The minimum Gasteiger partial charge on any atom is -0.403 e. The second kappa shape index (κ2) is 8.80. The topological polar surface area (TPSA) is 84.5 Å². The Labute approximate surface area is 86.5 Å². The molecule has 6 N–H and O–H groups in total. The zero-order valence-corrected chi connectivity index (χ0v) is 9.02. The van der Waals surface area contributed by atoms with Gasteiger partial charge in [-0.3, -0.25) is 4.90 Å². The fourth-order valence-electron chi connectivity index (χ4n) is 1.22. The fourth-order valence-corrected chi connectivity index (χ4v) is 1.22. The van der Waals surface area contributed by atoms with Gasteiger partial charge < -0.3 is 22.1 Å². The van der Waals surface area contributed by atoms with Crippen molar-refractivity contribution >= 4 is 0 Å². The van der Waals surface area contributed by atoms with Gasteiger partial charge in [0.1, 0.15) is 0 Å². The monoisotopic (exact) mass is 201 g/mol. The Morgan fingerprint density at radius 3 is 2.00 bits per heavy atom. The Hall–Kier alpha value is -0.780. The Morgan fingerprint density at radius 1 is 1.00 bits per heavy atom. The molecule has 0 aromatic rings. The largest absolute Gasteiger partial charge is 0.403 e. The van der Waals surface area contributed by atoms with Crippen LogP contribution in [0.5, 0.6) is 0 Å². The second-order valence-electron chi connectivity index (χ2n) is 3.24. The first-order valence-corrected chi connectivity index (χ1v) is 4.95. The van der Waals surface area contributed by atoms with Crippen molar-refractivity contribution in [3.63, 3.8) is 0 Å². The van der Waals surface area contributed by atoms with Gasteiger partial charge in [0.05, 0.1) is 0 Å². The smallest absolute Gasteiger partial charge is 0.0297 e. The zero-order valence-electron chi connectivity index (χ0n) is 9.02.